The first-order chi connectivity index (χ1) is 18.7. The molecule has 5 rings (SSSR count). The lowest BCUT2D eigenvalue weighted by Crippen LogP contribution is -2.48. The van der Waals surface area contributed by atoms with Crippen LogP contribution in [0.3, 0.4) is 0 Å². The van der Waals surface area contributed by atoms with Gasteiger partial charge in [0.2, 0.25) is 11.9 Å². The third kappa shape index (κ3) is 6.15. The van der Waals surface area contributed by atoms with Crippen LogP contribution >= 0.6 is 0 Å². The number of benzene rings is 1. The minimum Gasteiger partial charge on any atom is -0.490 e. The Hall–Kier alpha value is -4.11. The van der Waals surface area contributed by atoms with Crippen molar-refractivity contribution in [3.05, 3.63) is 48.5 Å². The summed E-state index contributed by atoms with van der Waals surface area (Å²) in [6, 6.07) is 9.19. The third-order valence-electron chi connectivity index (χ3n) is 6.25. The van der Waals surface area contributed by atoms with Gasteiger partial charge in [0, 0.05) is 51.4 Å². The highest BCUT2D eigenvalue weighted by molar-refractivity contribution is 5.61. The van der Waals surface area contributed by atoms with Crippen molar-refractivity contribution in [2.24, 2.45) is 0 Å². The summed E-state index contributed by atoms with van der Waals surface area (Å²) in [6.45, 7) is 2.71. The molecule has 1 aromatic carbocycles. The van der Waals surface area contributed by atoms with Gasteiger partial charge in [0.05, 0.1) is 12.0 Å². The number of nitrogens with one attached hydrogen (secondary N) is 1. The molecule has 1 unspecified atom stereocenters. The first-order valence-electron chi connectivity index (χ1n) is 12.1. The number of rotatable bonds is 9. The smallest absolute Gasteiger partial charge is 0.417 e. The summed E-state index contributed by atoms with van der Waals surface area (Å²) in [6.07, 6.45) is -5.88. The summed E-state index contributed by atoms with van der Waals surface area (Å²) < 4.78 is 63.6. The number of aromatic nitrogens is 4. The lowest BCUT2D eigenvalue weighted by molar-refractivity contribution is -0.210. The summed E-state index contributed by atoms with van der Waals surface area (Å²) in [5.41, 5.74) is 7.50. The van der Waals surface area contributed by atoms with Crippen molar-refractivity contribution in [2.75, 3.05) is 61.8 Å². The molecule has 4 heterocycles. The average Bonchev–Trinajstić information content (AvgIpc) is 3.58. The van der Waals surface area contributed by atoms with E-state index < -0.39 is 24.7 Å². The van der Waals surface area contributed by atoms with Crippen LogP contribution in [-0.4, -0.2) is 87.7 Å². The highest BCUT2D eigenvalue weighted by atomic mass is 19.4. The summed E-state index contributed by atoms with van der Waals surface area (Å²) in [4.78, 5) is 12.8. The van der Waals surface area contributed by atoms with Gasteiger partial charge in [-0.3, -0.25) is 4.90 Å². The fraction of sp³-hybridized carbons (Fsp3) is 0.375. The molecule has 11 nitrogen and oxygen atoms in total. The van der Waals surface area contributed by atoms with E-state index in [4.69, 9.17) is 20.0 Å². The molecule has 0 saturated carbocycles. The highest BCUT2D eigenvalue weighted by Crippen LogP contribution is 2.27. The molecular weight excluding hydrogens is 524 g/mol. The summed E-state index contributed by atoms with van der Waals surface area (Å²) in [5, 5.41) is 16.6. The van der Waals surface area contributed by atoms with Gasteiger partial charge in [-0.05, 0) is 24.3 Å². The number of nitrogen functional groups attached to an aromatic ring is 1. The first kappa shape index (κ1) is 26.5. The van der Waals surface area contributed by atoms with E-state index in [0.29, 0.717) is 68.0 Å². The van der Waals surface area contributed by atoms with Crippen LogP contribution in [-0.2, 0) is 0 Å². The van der Waals surface area contributed by atoms with Crippen LogP contribution < -0.4 is 20.7 Å². The number of hydrogen-bond acceptors (Lipinski definition) is 10. The van der Waals surface area contributed by atoms with Gasteiger partial charge in [0.1, 0.15) is 23.9 Å². The van der Waals surface area contributed by atoms with Crippen molar-refractivity contribution in [2.45, 2.75) is 12.3 Å². The summed E-state index contributed by atoms with van der Waals surface area (Å²) in [7, 11) is 0. The number of halogens is 4. The van der Waals surface area contributed by atoms with Gasteiger partial charge in [-0.25, -0.2) is 4.39 Å². The van der Waals surface area contributed by atoms with Crippen molar-refractivity contribution in [1.82, 2.24) is 24.5 Å². The number of aliphatic hydroxyl groups excluding tert-OH is 1. The minimum absolute atomic E-state index is 0.0848. The fourth-order valence-electron chi connectivity index (χ4n) is 4.17. The highest BCUT2D eigenvalue weighted by Gasteiger charge is 2.38. The van der Waals surface area contributed by atoms with E-state index in [1.807, 2.05) is 4.90 Å². The fourth-order valence-corrected chi connectivity index (χ4v) is 4.17. The molecule has 1 fully saturated rings. The largest absolute Gasteiger partial charge is 0.490 e. The van der Waals surface area contributed by atoms with Crippen molar-refractivity contribution in [3.8, 4) is 17.2 Å². The molecule has 4 aromatic rings. The Labute approximate surface area is 219 Å². The Morgan fingerprint density at radius 2 is 1.92 bits per heavy atom. The Balaban J connectivity index is 1.10. The zero-order valence-electron chi connectivity index (χ0n) is 20.6. The molecule has 208 valence electrons. The van der Waals surface area contributed by atoms with Crippen LogP contribution in [0.25, 0.3) is 17.1 Å². The first-order valence-corrected chi connectivity index (χ1v) is 12.1. The van der Waals surface area contributed by atoms with Gasteiger partial charge in [0.15, 0.2) is 17.5 Å². The zero-order chi connectivity index (χ0) is 27.6. The van der Waals surface area contributed by atoms with Crippen LogP contribution in [0.15, 0.2) is 47.1 Å². The monoisotopic (exact) mass is 550 g/mol. The minimum atomic E-state index is -4.80. The molecular formula is C24H26F4N8O3. The maximum Gasteiger partial charge on any atom is 0.417 e. The molecule has 0 bridgehead atoms. The maximum atomic E-state index is 14.6. The number of piperazine rings is 1. The number of nitrogens with two attached hydrogens (primary N) is 1. The van der Waals surface area contributed by atoms with Crippen molar-refractivity contribution >= 4 is 23.2 Å². The number of nitrogens with zero attached hydrogens (tertiary/aromatic N) is 6. The Morgan fingerprint density at radius 3 is 2.62 bits per heavy atom. The maximum absolute atomic E-state index is 14.6. The van der Waals surface area contributed by atoms with E-state index in [1.54, 1.807) is 24.5 Å². The normalized spacial score (nSPS) is 15.6. The van der Waals surface area contributed by atoms with Crippen molar-refractivity contribution in [3.63, 3.8) is 0 Å². The SMILES string of the molecule is Nc1nc(NCCN2CCN(c3ccc(OCC(O)C(F)(F)F)cc3F)CC2)nc2cc(-c3ccco3)nn12. The van der Waals surface area contributed by atoms with Crippen LogP contribution in [0, 0.1) is 5.82 Å². The molecule has 1 saturated heterocycles. The number of alkyl halides is 3. The second-order valence-corrected chi connectivity index (χ2v) is 8.92. The number of ether oxygens (including phenoxy) is 1. The number of anilines is 3. The summed E-state index contributed by atoms with van der Waals surface area (Å²) in [5.74, 6) is 0.460. The molecule has 0 amide bonds. The van der Waals surface area contributed by atoms with E-state index in [2.05, 4.69) is 25.3 Å². The molecule has 3 aromatic heterocycles. The number of hydrogen-bond donors (Lipinski definition) is 3. The van der Waals surface area contributed by atoms with Gasteiger partial charge in [-0.2, -0.15) is 32.8 Å². The molecule has 1 aliphatic heterocycles. The molecule has 0 spiro atoms. The number of fused-ring (bicyclic) bond motifs is 1. The van der Waals surface area contributed by atoms with Gasteiger partial charge in [0.25, 0.3) is 0 Å². The lowest BCUT2D eigenvalue weighted by Gasteiger charge is -2.36. The number of furan rings is 1. The molecule has 1 atom stereocenters. The van der Waals surface area contributed by atoms with Crippen LogP contribution in [0.4, 0.5) is 35.1 Å². The van der Waals surface area contributed by atoms with E-state index in [0.717, 1.165) is 6.07 Å². The van der Waals surface area contributed by atoms with Crippen molar-refractivity contribution < 1.29 is 31.8 Å². The van der Waals surface area contributed by atoms with Gasteiger partial charge in [-0.1, -0.05) is 0 Å². The molecule has 0 radical (unpaired) electrons. The predicted octanol–water partition coefficient (Wildman–Crippen LogP) is 2.64. The van der Waals surface area contributed by atoms with E-state index >= 15 is 0 Å². The Bertz CT molecular complexity index is 1400. The van der Waals surface area contributed by atoms with E-state index in [-0.39, 0.29) is 11.7 Å². The lowest BCUT2D eigenvalue weighted by atomic mass is 10.2. The molecule has 1 aliphatic rings. The number of aliphatic hydroxyl groups is 1. The second-order valence-electron chi connectivity index (χ2n) is 8.92. The van der Waals surface area contributed by atoms with E-state index in [9.17, 15) is 17.6 Å². The van der Waals surface area contributed by atoms with Crippen LogP contribution in [0.1, 0.15) is 0 Å². The van der Waals surface area contributed by atoms with Gasteiger partial charge >= 0.3 is 6.18 Å². The molecule has 4 N–H and O–H groups in total. The molecule has 0 aliphatic carbocycles. The van der Waals surface area contributed by atoms with Crippen molar-refractivity contribution in [1.29, 1.82) is 0 Å². The standard InChI is InChI=1S/C24H26F4N8O3/c25-16-12-15(39-14-20(37)24(26,27)28)3-4-18(16)35-9-7-34(8-10-35)6-5-30-23-31-21-13-17(19-2-1-11-38-19)33-36(21)22(29)32-23/h1-4,11-13,20,37H,5-10,14H2,(H3,29,30,31,32). The molecule has 15 heteroatoms. The Morgan fingerprint density at radius 1 is 1.13 bits per heavy atom. The van der Waals surface area contributed by atoms with Gasteiger partial charge < -0.3 is 30.2 Å². The average molecular weight is 551 g/mol. The van der Waals surface area contributed by atoms with Crippen LogP contribution in [0.2, 0.25) is 0 Å². The zero-order valence-corrected chi connectivity index (χ0v) is 20.6. The third-order valence-corrected chi connectivity index (χ3v) is 6.25. The van der Waals surface area contributed by atoms with Gasteiger partial charge in [-0.15, -0.1) is 0 Å². The van der Waals surface area contributed by atoms with E-state index in [1.165, 1.54) is 16.6 Å². The topological polar surface area (TPSA) is 130 Å². The molecule has 39 heavy (non-hydrogen) atoms. The Kier molecular flexibility index (Phi) is 7.43. The summed E-state index contributed by atoms with van der Waals surface area (Å²) >= 11 is 0. The quantitative estimate of drug-likeness (QED) is 0.268. The second kappa shape index (κ2) is 10.9. The predicted molar refractivity (Wildman–Crippen MR) is 134 cm³/mol. The van der Waals surface area contributed by atoms with Crippen LogP contribution in [0.5, 0.6) is 5.75 Å².